The number of benzene rings is 4. The molecule has 4 aromatic carbocycles. The van der Waals surface area contributed by atoms with Crippen molar-refractivity contribution in [1.82, 2.24) is 4.98 Å². The Kier molecular flexibility index (Phi) is 6.95. The van der Waals surface area contributed by atoms with Crippen molar-refractivity contribution in [3.05, 3.63) is 238 Å². The predicted octanol–water partition coefficient (Wildman–Crippen LogP) is 10.6. The van der Waals surface area contributed by atoms with Gasteiger partial charge < -0.3 is 4.98 Å². The molecule has 5 aromatic rings. The summed E-state index contributed by atoms with van der Waals surface area (Å²) in [5.41, 5.74) is 17.2. The van der Waals surface area contributed by atoms with E-state index >= 15 is 0 Å². The molecule has 230 valence electrons. The third kappa shape index (κ3) is 5.00. The molecule has 3 heteroatoms. The number of rotatable bonds is 4. The normalized spacial score (nSPS) is 16.7. The average molecular weight is 626 g/mol. The quantitative estimate of drug-likeness (QED) is 0.206. The highest BCUT2D eigenvalue weighted by Gasteiger charge is 2.28. The van der Waals surface area contributed by atoms with Gasteiger partial charge in [-0.3, -0.25) is 0 Å². The molecule has 0 saturated carbocycles. The highest BCUT2D eigenvalue weighted by molar-refractivity contribution is 6.35. The van der Waals surface area contributed by atoms with Crippen LogP contribution in [0.5, 0.6) is 0 Å². The molecule has 49 heavy (non-hydrogen) atoms. The van der Waals surface area contributed by atoms with Gasteiger partial charge in [-0.1, -0.05) is 140 Å². The number of fused-ring (bicyclic) bond motifs is 6. The Morgan fingerprint density at radius 2 is 0.714 bits per heavy atom. The van der Waals surface area contributed by atoms with E-state index in [-0.39, 0.29) is 0 Å². The number of aromatic amines is 1. The number of aromatic nitrogens is 1. The molecule has 0 spiro atoms. The third-order valence-corrected chi connectivity index (χ3v) is 9.38. The van der Waals surface area contributed by atoms with Gasteiger partial charge in [0.1, 0.15) is 0 Å². The van der Waals surface area contributed by atoms with E-state index in [4.69, 9.17) is 16.6 Å². The standard InChI is InChI=1S/C46H31N3/c1-30-35-22-23-36(30)44(32-16-8-3-9-17-32)38-25-27-40(48-38)46(34-20-12-5-13-21-34)42-29-28-41(49-42)45(33-18-10-4-11-19-33)39-26-24-37(47-39)43(35)31-14-6-2-7-15-31/h2-29,49H,1H2. The summed E-state index contributed by atoms with van der Waals surface area (Å²) >= 11 is 0. The van der Waals surface area contributed by atoms with Crippen molar-refractivity contribution < 1.29 is 0 Å². The highest BCUT2D eigenvalue weighted by Crippen LogP contribution is 2.42. The average Bonchev–Trinajstić information content (AvgIpc) is 3.98. The van der Waals surface area contributed by atoms with Crippen LogP contribution in [0.3, 0.4) is 0 Å². The van der Waals surface area contributed by atoms with E-state index in [0.29, 0.717) is 0 Å². The summed E-state index contributed by atoms with van der Waals surface area (Å²) in [7, 11) is 0. The van der Waals surface area contributed by atoms with Gasteiger partial charge in [0.2, 0.25) is 0 Å². The number of nitrogens with zero attached hydrogens (tertiary/aromatic N) is 2. The maximum absolute atomic E-state index is 5.38. The number of hydrogen-bond acceptors (Lipinski definition) is 2. The molecule has 0 fully saturated rings. The van der Waals surface area contributed by atoms with E-state index in [2.05, 4.69) is 163 Å². The minimum absolute atomic E-state index is 0.902. The van der Waals surface area contributed by atoms with Crippen molar-refractivity contribution in [3.8, 4) is 0 Å². The Hall–Kier alpha value is -6.58. The molecule has 8 bridgehead atoms. The zero-order chi connectivity index (χ0) is 32.7. The Labute approximate surface area is 286 Å². The fourth-order valence-corrected chi connectivity index (χ4v) is 7.13. The van der Waals surface area contributed by atoms with E-state index < -0.39 is 0 Å². The fraction of sp³-hybridized carbons (Fsp3) is 0. The third-order valence-electron chi connectivity index (χ3n) is 9.38. The molecule has 3 nitrogen and oxygen atoms in total. The fourth-order valence-electron chi connectivity index (χ4n) is 7.13. The second-order valence-electron chi connectivity index (χ2n) is 12.3. The molecule has 4 aliphatic rings. The van der Waals surface area contributed by atoms with Crippen LogP contribution in [0, 0.1) is 0 Å². The maximum atomic E-state index is 5.38. The van der Waals surface area contributed by atoms with Crippen molar-refractivity contribution in [3.63, 3.8) is 0 Å². The van der Waals surface area contributed by atoms with E-state index in [0.717, 1.165) is 95.5 Å². The van der Waals surface area contributed by atoms with Crippen LogP contribution in [0.4, 0.5) is 0 Å². The minimum atomic E-state index is 0.902. The molecule has 0 radical (unpaired) electrons. The monoisotopic (exact) mass is 625 g/mol. The number of hydrogen-bond donors (Lipinski definition) is 1. The second-order valence-corrected chi connectivity index (χ2v) is 12.3. The molecular formula is C46H31N3. The number of H-pyrrole nitrogens is 1. The molecule has 3 aliphatic heterocycles. The molecule has 0 atom stereocenters. The van der Waals surface area contributed by atoms with Gasteiger partial charge in [0.05, 0.1) is 22.8 Å². The number of nitrogens with one attached hydrogen (secondary N) is 1. The van der Waals surface area contributed by atoms with E-state index in [1.54, 1.807) is 0 Å². The van der Waals surface area contributed by atoms with E-state index in [1.165, 1.54) is 0 Å². The van der Waals surface area contributed by atoms with E-state index in [1.807, 2.05) is 12.1 Å². The zero-order valence-electron chi connectivity index (χ0n) is 26.8. The van der Waals surface area contributed by atoms with Crippen molar-refractivity contribution in [1.29, 1.82) is 0 Å². The van der Waals surface area contributed by atoms with Gasteiger partial charge in [-0.25, -0.2) is 9.98 Å². The molecule has 1 aliphatic carbocycles. The lowest BCUT2D eigenvalue weighted by molar-refractivity contribution is 1.27. The van der Waals surface area contributed by atoms with Gasteiger partial charge in [-0.15, -0.1) is 0 Å². The van der Waals surface area contributed by atoms with Crippen LogP contribution < -0.4 is 0 Å². The first-order valence-corrected chi connectivity index (χ1v) is 16.5. The molecule has 0 saturated heterocycles. The maximum Gasteiger partial charge on any atom is 0.0737 e. The lowest BCUT2D eigenvalue weighted by Gasteiger charge is -2.16. The van der Waals surface area contributed by atoms with Gasteiger partial charge in [0.25, 0.3) is 0 Å². The largest absolute Gasteiger partial charge is 0.354 e. The number of allylic oxidation sites excluding steroid dienone is 11. The van der Waals surface area contributed by atoms with Crippen molar-refractivity contribution in [2.45, 2.75) is 0 Å². The zero-order valence-corrected chi connectivity index (χ0v) is 26.8. The molecule has 0 unspecified atom stereocenters. The summed E-state index contributed by atoms with van der Waals surface area (Å²) < 4.78 is 0. The minimum Gasteiger partial charge on any atom is -0.354 e. The molecule has 9 rings (SSSR count). The Bertz CT molecular complexity index is 2270. The first-order valence-electron chi connectivity index (χ1n) is 16.5. The topological polar surface area (TPSA) is 40.5 Å². The van der Waals surface area contributed by atoms with Crippen LogP contribution >= 0.6 is 0 Å². The first-order chi connectivity index (χ1) is 24.2. The summed E-state index contributed by atoms with van der Waals surface area (Å²) in [5.74, 6) is 0. The van der Waals surface area contributed by atoms with Crippen LogP contribution in [0.1, 0.15) is 33.6 Å². The van der Waals surface area contributed by atoms with Gasteiger partial charge >= 0.3 is 0 Å². The second kappa shape index (κ2) is 11.9. The molecular weight excluding hydrogens is 595 g/mol. The highest BCUT2D eigenvalue weighted by atomic mass is 14.8. The summed E-state index contributed by atoms with van der Waals surface area (Å²) in [6, 6.07) is 46.4. The van der Waals surface area contributed by atoms with Gasteiger partial charge in [-0.2, -0.15) is 0 Å². The SMILES string of the molecule is C=C1C2=C(c3ccccc3)C3=NC(=C(c4ccccc4)c4ccc([nH]4)C(c4ccccc4)=C4C=CC(=N4)C(c4ccccc4)=C1C=C2)C=C3. The van der Waals surface area contributed by atoms with Crippen LogP contribution in [-0.2, 0) is 0 Å². The smallest absolute Gasteiger partial charge is 0.0737 e. The molecule has 1 N–H and O–H groups in total. The van der Waals surface area contributed by atoms with Crippen LogP contribution in [0.2, 0.25) is 0 Å². The Balaban J connectivity index is 1.39. The summed E-state index contributed by atoms with van der Waals surface area (Å²) in [6.45, 7) is 4.73. The summed E-state index contributed by atoms with van der Waals surface area (Å²) in [4.78, 5) is 14.6. The Morgan fingerprint density at radius 3 is 1.08 bits per heavy atom. The van der Waals surface area contributed by atoms with Crippen LogP contribution in [0.15, 0.2) is 215 Å². The first kappa shape index (κ1) is 28.6. The summed E-state index contributed by atoms with van der Waals surface area (Å²) in [5, 5.41) is 0. The van der Waals surface area contributed by atoms with E-state index in [9.17, 15) is 0 Å². The van der Waals surface area contributed by atoms with Crippen molar-refractivity contribution >= 4 is 33.7 Å². The predicted molar refractivity (Wildman–Crippen MR) is 204 cm³/mol. The van der Waals surface area contributed by atoms with Crippen LogP contribution in [0.25, 0.3) is 22.3 Å². The van der Waals surface area contributed by atoms with Crippen LogP contribution in [-0.4, -0.2) is 16.4 Å². The molecule has 4 heterocycles. The summed E-state index contributed by atoms with van der Waals surface area (Å²) in [6.07, 6.45) is 12.9. The van der Waals surface area contributed by atoms with Crippen molar-refractivity contribution in [2.24, 2.45) is 9.98 Å². The lowest BCUT2D eigenvalue weighted by atomic mass is 9.89. The molecule has 1 aromatic heterocycles. The van der Waals surface area contributed by atoms with Gasteiger partial charge in [-0.05, 0) is 75.4 Å². The number of aliphatic imine (C=N–C) groups is 2. The van der Waals surface area contributed by atoms with Gasteiger partial charge in [0, 0.05) is 33.7 Å². The van der Waals surface area contributed by atoms with Crippen molar-refractivity contribution in [2.75, 3.05) is 0 Å². The lowest BCUT2D eigenvalue weighted by Crippen LogP contribution is -2.04. The molecule has 0 amide bonds. The Morgan fingerprint density at radius 1 is 0.367 bits per heavy atom. The van der Waals surface area contributed by atoms with Gasteiger partial charge in [0.15, 0.2) is 0 Å².